The van der Waals surface area contributed by atoms with Gasteiger partial charge in [0.05, 0.1) is 0 Å². The molecule has 0 fully saturated rings. The van der Waals surface area contributed by atoms with Crippen molar-refractivity contribution in [2.45, 2.75) is 33.3 Å². The zero-order valence-corrected chi connectivity index (χ0v) is 13.6. The molecule has 0 aliphatic carbocycles. The zero-order valence-electron chi connectivity index (χ0n) is 12.9. The van der Waals surface area contributed by atoms with Crippen LogP contribution in [0.3, 0.4) is 0 Å². The van der Waals surface area contributed by atoms with E-state index in [2.05, 4.69) is 0 Å². The highest BCUT2D eigenvalue weighted by Crippen LogP contribution is 2.21. The average molecular weight is 319 g/mol. The number of ether oxygens (including phenoxy) is 1. The highest BCUT2D eigenvalue weighted by molar-refractivity contribution is 6.31. The Morgan fingerprint density at radius 2 is 1.77 bits per heavy atom. The number of hydrogen-bond donors (Lipinski definition) is 1. The summed E-state index contributed by atoms with van der Waals surface area (Å²) in [7, 11) is 0. The van der Waals surface area contributed by atoms with Crippen molar-refractivity contribution in [1.82, 2.24) is 0 Å². The fraction of sp³-hybridized carbons (Fsp3) is 0.278. The first-order chi connectivity index (χ1) is 10.4. The molecule has 0 heterocycles. The Kier molecular flexibility index (Phi) is 5.09. The molecule has 1 atom stereocenters. The summed E-state index contributed by atoms with van der Waals surface area (Å²) in [6.07, 6.45) is -0.678. The van der Waals surface area contributed by atoms with Crippen LogP contribution >= 0.6 is 11.6 Å². The molecule has 0 spiro atoms. The van der Waals surface area contributed by atoms with E-state index in [0.717, 1.165) is 22.3 Å². The predicted octanol–water partition coefficient (Wildman–Crippen LogP) is 4.34. The molecular weight excluding hydrogens is 300 g/mol. The van der Waals surface area contributed by atoms with Crippen LogP contribution in [0.2, 0.25) is 5.02 Å². The van der Waals surface area contributed by atoms with Crippen LogP contribution in [-0.2, 0) is 11.2 Å². The first kappa shape index (κ1) is 16.4. The molecule has 0 radical (unpaired) electrons. The van der Waals surface area contributed by atoms with Crippen LogP contribution in [0, 0.1) is 20.8 Å². The van der Waals surface area contributed by atoms with Crippen molar-refractivity contribution in [1.29, 1.82) is 0 Å². The summed E-state index contributed by atoms with van der Waals surface area (Å²) in [5.74, 6) is -0.427. The fourth-order valence-electron chi connectivity index (χ4n) is 2.11. The predicted molar refractivity (Wildman–Crippen MR) is 87.9 cm³/mol. The number of carboxylic acid groups (broad SMARTS) is 1. The van der Waals surface area contributed by atoms with E-state index in [9.17, 15) is 9.90 Å². The third-order valence-corrected chi connectivity index (χ3v) is 4.10. The van der Waals surface area contributed by atoms with Crippen LogP contribution < -0.4 is 4.74 Å². The molecule has 0 amide bonds. The van der Waals surface area contributed by atoms with Gasteiger partial charge in [-0.1, -0.05) is 29.8 Å². The Morgan fingerprint density at radius 3 is 2.36 bits per heavy atom. The summed E-state index contributed by atoms with van der Waals surface area (Å²) < 4.78 is 5.64. The van der Waals surface area contributed by atoms with E-state index >= 15 is 0 Å². The van der Waals surface area contributed by atoms with Gasteiger partial charge in [-0.05, 0) is 61.2 Å². The minimum atomic E-state index is -0.991. The molecular formula is C18H19ClO3. The van der Waals surface area contributed by atoms with Gasteiger partial charge in [-0.25, -0.2) is 4.79 Å². The van der Waals surface area contributed by atoms with Crippen molar-refractivity contribution in [2.75, 3.05) is 0 Å². The summed E-state index contributed by atoms with van der Waals surface area (Å²) >= 11 is 6.09. The van der Waals surface area contributed by atoms with Crippen LogP contribution in [0.15, 0.2) is 36.4 Å². The molecule has 116 valence electrons. The largest absolute Gasteiger partial charge is 0.478 e. The maximum atomic E-state index is 11.5. The molecule has 2 aromatic rings. The van der Waals surface area contributed by atoms with Crippen molar-refractivity contribution in [3.05, 3.63) is 63.7 Å². The lowest BCUT2D eigenvalue weighted by molar-refractivity contribution is -0.145. The van der Waals surface area contributed by atoms with Gasteiger partial charge in [0.25, 0.3) is 0 Å². The van der Waals surface area contributed by atoms with Crippen LogP contribution in [0.5, 0.6) is 5.75 Å². The second-order valence-corrected chi connectivity index (χ2v) is 5.89. The molecule has 0 bridgehead atoms. The van der Waals surface area contributed by atoms with Gasteiger partial charge in [-0.2, -0.15) is 0 Å². The number of carboxylic acids is 1. The molecule has 0 saturated carbocycles. The fourth-order valence-corrected chi connectivity index (χ4v) is 2.31. The molecule has 0 unspecified atom stereocenters. The topological polar surface area (TPSA) is 46.5 Å². The number of halogens is 1. The Bertz CT molecular complexity index is 641. The third-order valence-electron chi connectivity index (χ3n) is 3.69. The van der Waals surface area contributed by atoms with E-state index in [1.165, 1.54) is 0 Å². The zero-order chi connectivity index (χ0) is 16.3. The van der Waals surface area contributed by atoms with E-state index in [4.69, 9.17) is 16.3 Å². The Hall–Kier alpha value is -2.00. The maximum Gasteiger partial charge on any atom is 0.345 e. The van der Waals surface area contributed by atoms with Crippen LogP contribution in [0.4, 0.5) is 0 Å². The van der Waals surface area contributed by atoms with Crippen molar-refractivity contribution in [3.63, 3.8) is 0 Å². The SMILES string of the molecule is Cc1ccc(O[C@@H](Cc2ccc(C)c(Cl)c2)C(=O)O)cc1C. The Labute approximate surface area is 135 Å². The molecule has 0 aliphatic heterocycles. The lowest BCUT2D eigenvalue weighted by Gasteiger charge is -2.16. The lowest BCUT2D eigenvalue weighted by Crippen LogP contribution is -2.29. The molecule has 1 N–H and O–H groups in total. The van der Waals surface area contributed by atoms with Gasteiger partial charge >= 0.3 is 5.97 Å². The highest BCUT2D eigenvalue weighted by Gasteiger charge is 2.20. The number of aliphatic carboxylic acids is 1. The number of carbonyl (C=O) groups is 1. The van der Waals surface area contributed by atoms with Gasteiger partial charge in [0, 0.05) is 11.4 Å². The first-order valence-electron chi connectivity index (χ1n) is 7.08. The average Bonchev–Trinajstić information content (AvgIpc) is 2.46. The number of rotatable bonds is 5. The van der Waals surface area contributed by atoms with Gasteiger partial charge < -0.3 is 9.84 Å². The highest BCUT2D eigenvalue weighted by atomic mass is 35.5. The third kappa shape index (κ3) is 4.01. The monoisotopic (exact) mass is 318 g/mol. The molecule has 4 heteroatoms. The van der Waals surface area contributed by atoms with Crippen molar-refractivity contribution in [2.24, 2.45) is 0 Å². The summed E-state index contributed by atoms with van der Waals surface area (Å²) in [6, 6.07) is 11.1. The standard InChI is InChI=1S/C18H19ClO3/c1-11-5-7-15(8-13(11)3)22-17(18(20)21)10-14-6-4-12(2)16(19)9-14/h4-9,17H,10H2,1-3H3,(H,20,21)/t17-/m0/s1. The maximum absolute atomic E-state index is 11.5. The van der Waals surface area contributed by atoms with Gasteiger partial charge in [0.1, 0.15) is 5.75 Å². The summed E-state index contributed by atoms with van der Waals surface area (Å²) in [4.78, 5) is 11.5. The van der Waals surface area contributed by atoms with Crippen molar-refractivity contribution >= 4 is 17.6 Å². The van der Waals surface area contributed by atoms with Gasteiger partial charge in [-0.15, -0.1) is 0 Å². The van der Waals surface area contributed by atoms with E-state index < -0.39 is 12.1 Å². The smallest absolute Gasteiger partial charge is 0.345 e. The summed E-state index contributed by atoms with van der Waals surface area (Å²) in [6.45, 7) is 5.88. The Morgan fingerprint density at radius 1 is 1.09 bits per heavy atom. The number of benzene rings is 2. The molecule has 2 aromatic carbocycles. The summed E-state index contributed by atoms with van der Waals surface area (Å²) in [5, 5.41) is 10.0. The molecule has 22 heavy (non-hydrogen) atoms. The van der Waals surface area contributed by atoms with Crippen LogP contribution in [0.1, 0.15) is 22.3 Å². The molecule has 0 aliphatic rings. The molecule has 3 nitrogen and oxygen atoms in total. The number of hydrogen-bond acceptors (Lipinski definition) is 2. The molecule has 0 aromatic heterocycles. The van der Waals surface area contributed by atoms with Gasteiger partial charge in [0.15, 0.2) is 6.10 Å². The minimum Gasteiger partial charge on any atom is -0.478 e. The van der Waals surface area contributed by atoms with Crippen molar-refractivity contribution in [3.8, 4) is 5.75 Å². The normalized spacial score (nSPS) is 12.0. The minimum absolute atomic E-state index is 0.266. The van der Waals surface area contributed by atoms with E-state index in [1.54, 1.807) is 12.1 Å². The first-order valence-corrected chi connectivity index (χ1v) is 7.46. The second kappa shape index (κ2) is 6.84. The Balaban J connectivity index is 2.17. The quantitative estimate of drug-likeness (QED) is 0.892. The molecule has 0 saturated heterocycles. The van der Waals surface area contributed by atoms with E-state index in [-0.39, 0.29) is 6.42 Å². The van der Waals surface area contributed by atoms with E-state index in [1.807, 2.05) is 45.0 Å². The lowest BCUT2D eigenvalue weighted by atomic mass is 10.1. The van der Waals surface area contributed by atoms with Crippen LogP contribution in [0.25, 0.3) is 0 Å². The second-order valence-electron chi connectivity index (χ2n) is 5.48. The van der Waals surface area contributed by atoms with Gasteiger partial charge in [0.2, 0.25) is 0 Å². The molecule has 2 rings (SSSR count). The summed E-state index contributed by atoms with van der Waals surface area (Å²) in [5.41, 5.74) is 4.02. The van der Waals surface area contributed by atoms with Crippen LogP contribution in [-0.4, -0.2) is 17.2 Å². The van der Waals surface area contributed by atoms with Crippen molar-refractivity contribution < 1.29 is 14.6 Å². The van der Waals surface area contributed by atoms with E-state index in [0.29, 0.717) is 10.8 Å². The number of aryl methyl sites for hydroxylation is 3. The van der Waals surface area contributed by atoms with Gasteiger partial charge in [-0.3, -0.25) is 0 Å².